The smallest absolute Gasteiger partial charge is 0.0706 e. The van der Waals surface area contributed by atoms with Crippen LogP contribution >= 0.6 is 0 Å². The standard InChI is InChI=1S/C28H25N3/c1-2-24(21-14-15-22(18-29)27(30)17-21)25-12-6-7-13-26(25)28(20-9-4-3-5-10-20)23-11-8-16-31-19-23/h1,3-9,11-18,24,30-31H,10,19,29H2/b22-18+,28-20-,30-27?. The van der Waals surface area contributed by atoms with Crippen LogP contribution in [-0.4, -0.2) is 12.3 Å². The first-order chi connectivity index (χ1) is 15.2. The molecule has 1 aromatic rings. The van der Waals surface area contributed by atoms with Gasteiger partial charge in [0.2, 0.25) is 0 Å². The van der Waals surface area contributed by atoms with Crippen LogP contribution in [0.2, 0.25) is 0 Å². The number of hydrogen-bond acceptors (Lipinski definition) is 3. The molecule has 31 heavy (non-hydrogen) atoms. The number of nitrogens with two attached hydrogens (primary N) is 1. The highest BCUT2D eigenvalue weighted by atomic mass is 14.8. The molecule has 1 atom stereocenters. The van der Waals surface area contributed by atoms with E-state index in [4.69, 9.17) is 17.6 Å². The summed E-state index contributed by atoms with van der Waals surface area (Å²) >= 11 is 0. The van der Waals surface area contributed by atoms with Gasteiger partial charge in [-0.25, -0.2) is 0 Å². The molecular formula is C28H25N3. The molecule has 1 unspecified atom stereocenters. The molecule has 1 aromatic carbocycles. The van der Waals surface area contributed by atoms with E-state index >= 15 is 0 Å². The number of allylic oxidation sites excluding steroid dienone is 12. The van der Waals surface area contributed by atoms with Gasteiger partial charge >= 0.3 is 0 Å². The summed E-state index contributed by atoms with van der Waals surface area (Å²) in [6.07, 6.45) is 28.7. The summed E-state index contributed by atoms with van der Waals surface area (Å²) in [5.41, 5.74) is 13.5. The molecule has 1 aliphatic heterocycles. The fraction of sp³-hybridized carbons (Fsp3) is 0.107. The predicted molar refractivity (Wildman–Crippen MR) is 130 cm³/mol. The third-order valence-corrected chi connectivity index (χ3v) is 5.63. The van der Waals surface area contributed by atoms with Gasteiger partial charge in [-0.1, -0.05) is 72.7 Å². The maximum atomic E-state index is 8.27. The lowest BCUT2D eigenvalue weighted by atomic mass is 9.80. The van der Waals surface area contributed by atoms with Crippen molar-refractivity contribution < 1.29 is 0 Å². The van der Waals surface area contributed by atoms with Gasteiger partial charge in [0.1, 0.15) is 0 Å². The molecule has 152 valence electrons. The Morgan fingerprint density at radius 2 is 2.03 bits per heavy atom. The highest BCUT2D eigenvalue weighted by Gasteiger charge is 2.23. The molecule has 1 heterocycles. The Balaban J connectivity index is 1.86. The maximum absolute atomic E-state index is 8.27. The van der Waals surface area contributed by atoms with Gasteiger partial charge in [-0.2, -0.15) is 0 Å². The van der Waals surface area contributed by atoms with Crippen molar-refractivity contribution in [1.82, 2.24) is 5.32 Å². The Hall–Kier alpha value is -4.03. The molecule has 0 fully saturated rings. The van der Waals surface area contributed by atoms with Gasteiger partial charge in [0.15, 0.2) is 0 Å². The SMILES string of the molecule is C#CC(C1=CC(=N)/C(=C/N)C=C1)c1ccccc1/C(C1=CC=CNC1)=C1/C=CC=CC1. The van der Waals surface area contributed by atoms with E-state index in [-0.39, 0.29) is 5.92 Å². The molecule has 0 radical (unpaired) electrons. The topological polar surface area (TPSA) is 61.9 Å². The molecule has 0 saturated heterocycles. The van der Waals surface area contributed by atoms with Crippen LogP contribution in [0.5, 0.6) is 0 Å². The molecule has 0 saturated carbocycles. The quantitative estimate of drug-likeness (QED) is 0.614. The lowest BCUT2D eigenvalue weighted by Crippen LogP contribution is -2.16. The fourth-order valence-electron chi connectivity index (χ4n) is 4.12. The van der Waals surface area contributed by atoms with Gasteiger partial charge in [-0.15, -0.1) is 6.42 Å². The van der Waals surface area contributed by atoms with Crippen molar-refractivity contribution in [1.29, 1.82) is 5.41 Å². The van der Waals surface area contributed by atoms with Gasteiger partial charge in [-0.05, 0) is 58.2 Å². The van der Waals surface area contributed by atoms with Crippen LogP contribution in [0.25, 0.3) is 5.57 Å². The van der Waals surface area contributed by atoms with Crippen molar-refractivity contribution in [2.45, 2.75) is 12.3 Å². The predicted octanol–water partition coefficient (Wildman–Crippen LogP) is 5.07. The molecule has 4 N–H and O–H groups in total. The monoisotopic (exact) mass is 403 g/mol. The molecule has 2 aliphatic carbocycles. The van der Waals surface area contributed by atoms with Crippen molar-refractivity contribution in [3.63, 3.8) is 0 Å². The Bertz CT molecular complexity index is 1190. The molecule has 0 spiro atoms. The van der Waals surface area contributed by atoms with Crippen molar-refractivity contribution in [3.05, 3.63) is 125 Å². The number of hydrogen-bond donors (Lipinski definition) is 3. The van der Waals surface area contributed by atoms with Gasteiger partial charge in [0.25, 0.3) is 0 Å². The van der Waals surface area contributed by atoms with E-state index in [0.717, 1.165) is 29.7 Å². The molecule has 0 amide bonds. The van der Waals surface area contributed by atoms with Crippen molar-refractivity contribution in [2.75, 3.05) is 6.54 Å². The minimum absolute atomic E-state index is 0.265. The summed E-state index contributed by atoms with van der Waals surface area (Å²) < 4.78 is 0. The van der Waals surface area contributed by atoms with Crippen LogP contribution in [0.4, 0.5) is 0 Å². The average molecular weight is 404 g/mol. The first-order valence-corrected chi connectivity index (χ1v) is 10.3. The van der Waals surface area contributed by atoms with Gasteiger partial charge in [0.05, 0.1) is 11.6 Å². The first kappa shape index (κ1) is 20.3. The number of terminal acetylenes is 1. The zero-order valence-corrected chi connectivity index (χ0v) is 17.3. The number of dihydropyridines is 1. The van der Waals surface area contributed by atoms with E-state index in [1.54, 1.807) is 0 Å². The number of nitrogens with one attached hydrogen (secondary N) is 2. The van der Waals surface area contributed by atoms with E-state index in [0.29, 0.717) is 11.3 Å². The molecule has 3 heteroatoms. The zero-order valence-electron chi connectivity index (χ0n) is 17.3. The zero-order chi connectivity index (χ0) is 21.6. The minimum Gasteiger partial charge on any atom is -0.404 e. The van der Waals surface area contributed by atoms with Crippen LogP contribution in [0.1, 0.15) is 23.5 Å². The van der Waals surface area contributed by atoms with Crippen molar-refractivity contribution in [2.24, 2.45) is 5.73 Å². The van der Waals surface area contributed by atoms with E-state index in [1.165, 1.54) is 22.9 Å². The highest BCUT2D eigenvalue weighted by molar-refractivity contribution is 6.10. The summed E-state index contributed by atoms with van der Waals surface area (Å²) in [6, 6.07) is 8.34. The second kappa shape index (κ2) is 9.19. The first-order valence-electron chi connectivity index (χ1n) is 10.3. The van der Waals surface area contributed by atoms with Crippen LogP contribution < -0.4 is 11.1 Å². The van der Waals surface area contributed by atoms with Crippen LogP contribution in [0.3, 0.4) is 0 Å². The number of benzene rings is 1. The Morgan fingerprint density at radius 1 is 1.16 bits per heavy atom. The number of rotatable bonds is 4. The summed E-state index contributed by atoms with van der Waals surface area (Å²) in [5.74, 6) is 2.71. The minimum atomic E-state index is -0.265. The van der Waals surface area contributed by atoms with Crippen LogP contribution in [0.15, 0.2) is 114 Å². The molecule has 0 aromatic heterocycles. The lowest BCUT2D eigenvalue weighted by molar-refractivity contribution is 0.940. The Morgan fingerprint density at radius 3 is 2.71 bits per heavy atom. The third-order valence-electron chi connectivity index (χ3n) is 5.63. The molecule has 4 rings (SSSR count). The summed E-state index contributed by atoms with van der Waals surface area (Å²) in [7, 11) is 0. The van der Waals surface area contributed by atoms with Gasteiger partial charge in [-0.3, -0.25) is 0 Å². The van der Waals surface area contributed by atoms with E-state index in [9.17, 15) is 0 Å². The van der Waals surface area contributed by atoms with Gasteiger partial charge < -0.3 is 16.5 Å². The largest absolute Gasteiger partial charge is 0.404 e. The lowest BCUT2D eigenvalue weighted by Gasteiger charge is -2.25. The Kier molecular flexibility index (Phi) is 6.01. The molecule has 3 nitrogen and oxygen atoms in total. The summed E-state index contributed by atoms with van der Waals surface area (Å²) in [4.78, 5) is 0. The average Bonchev–Trinajstić information content (AvgIpc) is 2.82. The van der Waals surface area contributed by atoms with E-state index in [1.807, 2.05) is 36.6 Å². The fourth-order valence-corrected chi connectivity index (χ4v) is 4.12. The Labute approximate surface area is 184 Å². The summed E-state index contributed by atoms with van der Waals surface area (Å²) in [6.45, 7) is 0.764. The second-order valence-electron chi connectivity index (χ2n) is 7.52. The third kappa shape index (κ3) is 4.15. The van der Waals surface area contributed by atoms with Crippen LogP contribution in [-0.2, 0) is 0 Å². The maximum Gasteiger partial charge on any atom is 0.0706 e. The van der Waals surface area contributed by atoms with Gasteiger partial charge in [0, 0.05) is 18.3 Å². The van der Waals surface area contributed by atoms with Crippen molar-refractivity contribution >= 4 is 11.3 Å². The molecule has 3 aliphatic rings. The normalized spacial score (nSPS) is 21.3. The molecular weight excluding hydrogens is 378 g/mol. The molecule has 0 bridgehead atoms. The highest BCUT2D eigenvalue weighted by Crippen LogP contribution is 2.38. The van der Waals surface area contributed by atoms with E-state index in [2.05, 4.69) is 59.8 Å². The van der Waals surface area contributed by atoms with Crippen LogP contribution in [0, 0.1) is 17.8 Å². The second-order valence-corrected chi connectivity index (χ2v) is 7.52. The van der Waals surface area contributed by atoms with Crippen molar-refractivity contribution in [3.8, 4) is 12.3 Å². The van der Waals surface area contributed by atoms with E-state index < -0.39 is 0 Å². The summed E-state index contributed by atoms with van der Waals surface area (Å²) in [5, 5.41) is 11.6.